The van der Waals surface area contributed by atoms with E-state index < -0.39 is 0 Å². The Labute approximate surface area is 147 Å². The quantitative estimate of drug-likeness (QED) is 0.510. The second-order valence-electron chi connectivity index (χ2n) is 5.74. The predicted molar refractivity (Wildman–Crippen MR) is 99.5 cm³/mol. The Morgan fingerprint density at radius 2 is 1.52 bits per heavy atom. The fourth-order valence-electron chi connectivity index (χ4n) is 2.48. The van der Waals surface area contributed by atoms with Gasteiger partial charge in [-0.3, -0.25) is 5.41 Å². The Morgan fingerprint density at radius 1 is 0.880 bits per heavy atom. The van der Waals surface area contributed by atoms with Crippen molar-refractivity contribution in [2.24, 2.45) is 5.73 Å². The maximum Gasteiger partial charge on any atom is 0.127 e. The number of hydrogen-bond acceptors (Lipinski definition) is 3. The highest BCUT2D eigenvalue weighted by Gasteiger charge is 2.05. The minimum absolute atomic E-state index is 0.0592. The highest BCUT2D eigenvalue weighted by atomic mass is 16.5. The molecule has 25 heavy (non-hydrogen) atoms. The number of nitrogen functional groups attached to an aromatic ring is 1. The first-order valence-corrected chi connectivity index (χ1v) is 8.01. The van der Waals surface area contributed by atoms with Gasteiger partial charge < -0.3 is 15.2 Å². The molecule has 3 aromatic rings. The number of nitrogens with two attached hydrogens (primary N) is 1. The highest BCUT2D eigenvalue weighted by molar-refractivity contribution is 5.96. The first kappa shape index (κ1) is 16.6. The van der Waals surface area contributed by atoms with Gasteiger partial charge in [0.15, 0.2) is 0 Å². The Morgan fingerprint density at radius 3 is 2.16 bits per heavy atom. The normalized spacial score (nSPS) is 10.3. The maximum absolute atomic E-state index is 7.52. The molecule has 0 aliphatic rings. The number of aryl methyl sites for hydroxylation is 1. The van der Waals surface area contributed by atoms with Crippen molar-refractivity contribution in [3.05, 3.63) is 89.5 Å². The van der Waals surface area contributed by atoms with E-state index >= 15 is 0 Å². The molecule has 0 fully saturated rings. The van der Waals surface area contributed by atoms with Crippen LogP contribution in [0.5, 0.6) is 17.2 Å². The van der Waals surface area contributed by atoms with Crippen molar-refractivity contribution >= 4 is 5.84 Å². The van der Waals surface area contributed by atoms with Crippen molar-refractivity contribution in [2.75, 3.05) is 0 Å². The molecule has 4 heteroatoms. The summed E-state index contributed by atoms with van der Waals surface area (Å²) >= 11 is 0. The molecule has 0 saturated carbocycles. The van der Waals surface area contributed by atoms with E-state index in [1.165, 1.54) is 0 Å². The Bertz CT molecular complexity index is 859. The molecular weight excluding hydrogens is 312 g/mol. The zero-order valence-electron chi connectivity index (χ0n) is 14.0. The van der Waals surface area contributed by atoms with Gasteiger partial charge in [0.2, 0.25) is 0 Å². The third kappa shape index (κ3) is 4.38. The van der Waals surface area contributed by atoms with Crippen LogP contribution < -0.4 is 15.2 Å². The summed E-state index contributed by atoms with van der Waals surface area (Å²) in [5.74, 6) is 2.28. The molecule has 0 aromatic heterocycles. The molecule has 3 N–H and O–H groups in total. The van der Waals surface area contributed by atoms with E-state index in [-0.39, 0.29) is 5.84 Å². The van der Waals surface area contributed by atoms with Gasteiger partial charge in [0.25, 0.3) is 0 Å². The first-order valence-electron chi connectivity index (χ1n) is 8.01. The largest absolute Gasteiger partial charge is 0.489 e. The van der Waals surface area contributed by atoms with E-state index in [4.69, 9.17) is 20.6 Å². The van der Waals surface area contributed by atoms with Gasteiger partial charge in [-0.25, -0.2) is 0 Å². The van der Waals surface area contributed by atoms with Gasteiger partial charge >= 0.3 is 0 Å². The van der Waals surface area contributed by atoms with Crippen LogP contribution in [0.1, 0.15) is 16.7 Å². The number of nitrogens with one attached hydrogen (secondary N) is 1. The molecule has 0 aliphatic carbocycles. The first-order chi connectivity index (χ1) is 12.1. The summed E-state index contributed by atoms with van der Waals surface area (Å²) in [7, 11) is 0. The molecule has 0 radical (unpaired) electrons. The molecule has 3 rings (SSSR count). The van der Waals surface area contributed by atoms with Crippen LogP contribution in [0.2, 0.25) is 0 Å². The summed E-state index contributed by atoms with van der Waals surface area (Å²) in [5, 5.41) is 7.52. The monoisotopic (exact) mass is 332 g/mol. The van der Waals surface area contributed by atoms with Crippen LogP contribution in [-0.2, 0) is 6.61 Å². The third-order valence-electron chi connectivity index (χ3n) is 3.80. The summed E-state index contributed by atoms with van der Waals surface area (Å²) < 4.78 is 11.6. The molecule has 4 nitrogen and oxygen atoms in total. The minimum atomic E-state index is 0.0592. The van der Waals surface area contributed by atoms with Crippen molar-refractivity contribution in [1.29, 1.82) is 5.41 Å². The topological polar surface area (TPSA) is 68.3 Å². The molecule has 0 bridgehead atoms. The van der Waals surface area contributed by atoms with Crippen LogP contribution in [-0.4, -0.2) is 5.84 Å². The van der Waals surface area contributed by atoms with E-state index in [2.05, 4.69) is 0 Å². The van der Waals surface area contributed by atoms with E-state index in [1.54, 1.807) is 6.07 Å². The molecule has 126 valence electrons. The lowest BCUT2D eigenvalue weighted by Gasteiger charge is -2.10. The maximum atomic E-state index is 7.52. The van der Waals surface area contributed by atoms with Crippen molar-refractivity contribution < 1.29 is 9.47 Å². The Balaban J connectivity index is 1.62. The van der Waals surface area contributed by atoms with Gasteiger partial charge in [0.1, 0.15) is 29.7 Å². The molecule has 0 heterocycles. The molecule has 0 spiro atoms. The molecule has 3 aromatic carbocycles. The van der Waals surface area contributed by atoms with E-state index in [9.17, 15) is 0 Å². The molecule has 0 saturated heterocycles. The van der Waals surface area contributed by atoms with E-state index in [0.717, 1.165) is 28.2 Å². The van der Waals surface area contributed by atoms with Crippen molar-refractivity contribution in [1.82, 2.24) is 0 Å². The van der Waals surface area contributed by atoms with Crippen LogP contribution in [0.15, 0.2) is 72.8 Å². The van der Waals surface area contributed by atoms with Gasteiger partial charge in [-0.05, 0) is 60.5 Å². The predicted octanol–water partition coefficient (Wildman–Crippen LogP) is 4.65. The SMILES string of the molecule is Cc1cc(Oc2ccc(OCc3ccccc3)cc2)ccc1C(=N)N. The van der Waals surface area contributed by atoms with Gasteiger partial charge in [-0.15, -0.1) is 0 Å². The van der Waals surface area contributed by atoms with Crippen molar-refractivity contribution in [3.63, 3.8) is 0 Å². The lowest BCUT2D eigenvalue weighted by molar-refractivity contribution is 0.306. The van der Waals surface area contributed by atoms with Gasteiger partial charge in [-0.1, -0.05) is 30.3 Å². The fraction of sp³-hybridized carbons (Fsp3) is 0.0952. The number of hydrogen-bond donors (Lipinski definition) is 2. The van der Waals surface area contributed by atoms with Crippen LogP contribution in [0.4, 0.5) is 0 Å². The van der Waals surface area contributed by atoms with Crippen LogP contribution in [0.25, 0.3) is 0 Å². The lowest BCUT2D eigenvalue weighted by Crippen LogP contribution is -2.12. The van der Waals surface area contributed by atoms with E-state index in [1.807, 2.05) is 73.7 Å². The van der Waals surface area contributed by atoms with Gasteiger partial charge in [0.05, 0.1) is 0 Å². The number of amidine groups is 1. The zero-order chi connectivity index (χ0) is 17.6. The van der Waals surface area contributed by atoms with Gasteiger partial charge in [0, 0.05) is 5.56 Å². The summed E-state index contributed by atoms with van der Waals surface area (Å²) in [6.07, 6.45) is 0. The molecule has 0 amide bonds. The zero-order valence-corrected chi connectivity index (χ0v) is 14.0. The molecule has 0 atom stereocenters. The smallest absolute Gasteiger partial charge is 0.127 e. The standard InChI is InChI=1S/C21H20N2O2/c1-15-13-19(11-12-20(15)21(22)23)25-18-9-7-17(8-10-18)24-14-16-5-3-2-4-6-16/h2-13H,14H2,1H3,(H3,22,23). The molecular formula is C21H20N2O2. The Hall–Kier alpha value is -3.27. The summed E-state index contributed by atoms with van der Waals surface area (Å²) in [6.45, 7) is 2.44. The Kier molecular flexibility index (Phi) is 5.00. The second kappa shape index (κ2) is 7.53. The van der Waals surface area contributed by atoms with Crippen LogP contribution >= 0.6 is 0 Å². The number of ether oxygens (including phenoxy) is 2. The fourth-order valence-corrected chi connectivity index (χ4v) is 2.48. The molecule has 0 unspecified atom stereocenters. The van der Waals surface area contributed by atoms with Gasteiger partial charge in [-0.2, -0.15) is 0 Å². The minimum Gasteiger partial charge on any atom is -0.489 e. The van der Waals surface area contributed by atoms with Crippen LogP contribution in [0.3, 0.4) is 0 Å². The van der Waals surface area contributed by atoms with Crippen molar-refractivity contribution in [3.8, 4) is 17.2 Å². The summed E-state index contributed by atoms with van der Waals surface area (Å²) in [5.41, 5.74) is 8.29. The molecule has 0 aliphatic heterocycles. The number of benzene rings is 3. The average Bonchev–Trinajstić information content (AvgIpc) is 2.62. The summed E-state index contributed by atoms with van der Waals surface area (Å²) in [6, 6.07) is 23.0. The summed E-state index contributed by atoms with van der Waals surface area (Å²) in [4.78, 5) is 0. The average molecular weight is 332 g/mol. The third-order valence-corrected chi connectivity index (χ3v) is 3.80. The lowest BCUT2D eigenvalue weighted by atomic mass is 10.1. The second-order valence-corrected chi connectivity index (χ2v) is 5.74. The van der Waals surface area contributed by atoms with E-state index in [0.29, 0.717) is 12.4 Å². The highest BCUT2D eigenvalue weighted by Crippen LogP contribution is 2.26. The van der Waals surface area contributed by atoms with Crippen molar-refractivity contribution in [2.45, 2.75) is 13.5 Å². The number of rotatable bonds is 6. The van der Waals surface area contributed by atoms with Crippen LogP contribution in [0, 0.1) is 12.3 Å².